The number of rotatable bonds is 6. The largest absolute Gasteiger partial charge is 0.489 e. The number of nitrogens with one attached hydrogen (secondary N) is 1. The Bertz CT molecular complexity index is 904. The Morgan fingerprint density at radius 2 is 2.00 bits per heavy atom. The van der Waals surface area contributed by atoms with Gasteiger partial charge in [-0.2, -0.15) is 0 Å². The van der Waals surface area contributed by atoms with Gasteiger partial charge in [0.15, 0.2) is 0 Å². The van der Waals surface area contributed by atoms with Crippen LogP contribution in [0.1, 0.15) is 45.2 Å². The molecular formula is C21H22N2O2S. The number of ether oxygens (including phenoxy) is 1. The molecule has 0 bridgehead atoms. The Balaban J connectivity index is 1.63. The summed E-state index contributed by atoms with van der Waals surface area (Å²) in [6.45, 7) is 6.42. The minimum Gasteiger partial charge on any atom is -0.489 e. The quantitative estimate of drug-likeness (QED) is 0.680. The van der Waals surface area contributed by atoms with E-state index in [9.17, 15) is 4.79 Å². The molecular weight excluding hydrogens is 344 g/mol. The molecule has 1 atom stereocenters. The molecule has 1 N–H and O–H groups in total. The molecule has 134 valence electrons. The zero-order valence-electron chi connectivity index (χ0n) is 15.2. The van der Waals surface area contributed by atoms with Crippen LogP contribution in [0.15, 0.2) is 53.9 Å². The monoisotopic (exact) mass is 366 g/mol. The number of nitrogens with zero attached hydrogens (tertiary/aromatic N) is 1. The number of hydrogen-bond donors (Lipinski definition) is 1. The number of carbonyl (C=O) groups excluding carboxylic acids is 1. The number of aromatic nitrogens is 1. The lowest BCUT2D eigenvalue weighted by Crippen LogP contribution is -2.26. The molecule has 5 heteroatoms. The number of aryl methyl sites for hydroxylation is 2. The Morgan fingerprint density at radius 1 is 1.19 bits per heavy atom. The van der Waals surface area contributed by atoms with E-state index in [1.807, 2.05) is 43.5 Å². The second-order valence-electron chi connectivity index (χ2n) is 6.29. The van der Waals surface area contributed by atoms with Crippen molar-refractivity contribution in [2.24, 2.45) is 0 Å². The fourth-order valence-corrected chi connectivity index (χ4v) is 3.33. The highest BCUT2D eigenvalue weighted by atomic mass is 32.1. The SMILES string of the molecule is Cc1cccc(COc2cccc(C(=O)NC(C)c3csc(C)n3)c2)c1. The summed E-state index contributed by atoms with van der Waals surface area (Å²) in [6.07, 6.45) is 0. The predicted molar refractivity (Wildman–Crippen MR) is 105 cm³/mol. The molecule has 0 radical (unpaired) electrons. The van der Waals surface area contributed by atoms with Crippen LogP contribution in [0, 0.1) is 13.8 Å². The van der Waals surface area contributed by atoms with Crippen molar-refractivity contribution in [2.45, 2.75) is 33.4 Å². The molecule has 4 nitrogen and oxygen atoms in total. The van der Waals surface area contributed by atoms with Crippen LogP contribution in [0.4, 0.5) is 0 Å². The summed E-state index contributed by atoms with van der Waals surface area (Å²) in [4.78, 5) is 16.9. The molecule has 2 aromatic carbocycles. The van der Waals surface area contributed by atoms with Crippen molar-refractivity contribution in [3.05, 3.63) is 81.3 Å². The third-order valence-corrected chi connectivity index (χ3v) is 4.80. The molecule has 1 aromatic heterocycles. The van der Waals surface area contributed by atoms with Gasteiger partial charge in [0.2, 0.25) is 0 Å². The maximum Gasteiger partial charge on any atom is 0.251 e. The first-order valence-corrected chi connectivity index (χ1v) is 9.40. The highest BCUT2D eigenvalue weighted by Gasteiger charge is 2.14. The van der Waals surface area contributed by atoms with Crippen molar-refractivity contribution in [1.29, 1.82) is 0 Å². The summed E-state index contributed by atoms with van der Waals surface area (Å²) in [5.41, 5.74) is 3.76. The molecule has 1 unspecified atom stereocenters. The summed E-state index contributed by atoms with van der Waals surface area (Å²) < 4.78 is 5.84. The first-order valence-electron chi connectivity index (χ1n) is 8.52. The molecule has 0 aliphatic carbocycles. The molecule has 3 rings (SSSR count). The van der Waals surface area contributed by atoms with E-state index in [0.29, 0.717) is 17.9 Å². The molecule has 26 heavy (non-hydrogen) atoms. The zero-order chi connectivity index (χ0) is 18.5. The van der Waals surface area contributed by atoms with Crippen molar-refractivity contribution in [1.82, 2.24) is 10.3 Å². The first-order chi connectivity index (χ1) is 12.5. The standard InChI is InChI=1S/C21H22N2O2S/c1-14-6-4-7-17(10-14)12-25-19-9-5-8-18(11-19)21(24)22-15(2)20-13-26-16(3)23-20/h4-11,13,15H,12H2,1-3H3,(H,22,24). The van der Waals surface area contributed by atoms with Crippen LogP contribution in [0.3, 0.4) is 0 Å². The maximum absolute atomic E-state index is 12.5. The maximum atomic E-state index is 12.5. The summed E-state index contributed by atoms with van der Waals surface area (Å²) >= 11 is 1.58. The number of carbonyl (C=O) groups is 1. The van der Waals surface area contributed by atoms with Gasteiger partial charge in [-0.15, -0.1) is 11.3 Å². The minimum atomic E-state index is -0.135. The second-order valence-corrected chi connectivity index (χ2v) is 7.35. The van der Waals surface area contributed by atoms with E-state index >= 15 is 0 Å². The van der Waals surface area contributed by atoms with Gasteiger partial charge in [0, 0.05) is 10.9 Å². The Kier molecular flexibility index (Phi) is 5.68. The van der Waals surface area contributed by atoms with Crippen molar-refractivity contribution >= 4 is 17.2 Å². The lowest BCUT2D eigenvalue weighted by atomic mass is 10.1. The lowest BCUT2D eigenvalue weighted by Gasteiger charge is -2.13. The average molecular weight is 366 g/mol. The Morgan fingerprint density at radius 3 is 2.73 bits per heavy atom. The van der Waals surface area contributed by atoms with E-state index in [0.717, 1.165) is 16.3 Å². The fraction of sp³-hybridized carbons (Fsp3) is 0.238. The van der Waals surface area contributed by atoms with Crippen molar-refractivity contribution in [2.75, 3.05) is 0 Å². The van der Waals surface area contributed by atoms with E-state index in [1.165, 1.54) is 5.56 Å². The first kappa shape index (κ1) is 18.1. The zero-order valence-corrected chi connectivity index (χ0v) is 16.0. The number of benzene rings is 2. The molecule has 0 saturated heterocycles. The normalized spacial score (nSPS) is 11.8. The summed E-state index contributed by atoms with van der Waals surface area (Å²) in [7, 11) is 0. The Labute approximate surface area is 157 Å². The van der Waals surface area contributed by atoms with E-state index in [2.05, 4.69) is 29.4 Å². The smallest absolute Gasteiger partial charge is 0.251 e. The van der Waals surface area contributed by atoms with Gasteiger partial charge in [0.1, 0.15) is 12.4 Å². The molecule has 3 aromatic rings. The third kappa shape index (κ3) is 4.70. The van der Waals surface area contributed by atoms with Gasteiger partial charge in [0.05, 0.1) is 16.7 Å². The number of thiazole rings is 1. The molecule has 0 spiro atoms. The molecule has 0 aliphatic rings. The van der Waals surface area contributed by atoms with Crippen molar-refractivity contribution in [3.8, 4) is 5.75 Å². The van der Waals surface area contributed by atoms with Gasteiger partial charge < -0.3 is 10.1 Å². The van der Waals surface area contributed by atoms with Crippen LogP contribution in [0.25, 0.3) is 0 Å². The summed E-state index contributed by atoms with van der Waals surface area (Å²) in [6, 6.07) is 15.3. The molecule has 0 fully saturated rings. The molecule has 0 aliphatic heterocycles. The van der Waals surface area contributed by atoms with Crippen LogP contribution in [-0.4, -0.2) is 10.9 Å². The topological polar surface area (TPSA) is 51.2 Å². The minimum absolute atomic E-state index is 0.135. The van der Waals surface area contributed by atoms with E-state index in [4.69, 9.17) is 4.74 Å². The molecule has 0 saturated carbocycles. The van der Waals surface area contributed by atoms with Gasteiger partial charge in [0.25, 0.3) is 5.91 Å². The average Bonchev–Trinajstić information content (AvgIpc) is 3.07. The van der Waals surface area contributed by atoms with Crippen LogP contribution in [0.2, 0.25) is 0 Å². The Hall–Kier alpha value is -2.66. The fourth-order valence-electron chi connectivity index (χ4n) is 2.63. The van der Waals surface area contributed by atoms with Gasteiger partial charge in [-0.25, -0.2) is 4.98 Å². The lowest BCUT2D eigenvalue weighted by molar-refractivity contribution is 0.0938. The van der Waals surface area contributed by atoms with Gasteiger partial charge >= 0.3 is 0 Å². The van der Waals surface area contributed by atoms with E-state index in [-0.39, 0.29) is 11.9 Å². The van der Waals surface area contributed by atoms with E-state index < -0.39 is 0 Å². The number of amides is 1. The van der Waals surface area contributed by atoms with Crippen LogP contribution in [-0.2, 0) is 6.61 Å². The molecule has 1 amide bonds. The summed E-state index contributed by atoms with van der Waals surface area (Å²) in [5.74, 6) is 0.542. The van der Waals surface area contributed by atoms with E-state index in [1.54, 1.807) is 23.5 Å². The number of hydrogen-bond acceptors (Lipinski definition) is 4. The van der Waals surface area contributed by atoms with Crippen molar-refractivity contribution in [3.63, 3.8) is 0 Å². The van der Waals surface area contributed by atoms with Crippen LogP contribution < -0.4 is 10.1 Å². The summed E-state index contributed by atoms with van der Waals surface area (Å²) in [5, 5.41) is 5.95. The second kappa shape index (κ2) is 8.15. The van der Waals surface area contributed by atoms with Gasteiger partial charge in [-0.1, -0.05) is 35.9 Å². The highest BCUT2D eigenvalue weighted by Crippen LogP contribution is 2.19. The highest BCUT2D eigenvalue weighted by molar-refractivity contribution is 7.09. The van der Waals surface area contributed by atoms with Crippen LogP contribution >= 0.6 is 11.3 Å². The third-order valence-electron chi connectivity index (χ3n) is 4.01. The van der Waals surface area contributed by atoms with Crippen LogP contribution in [0.5, 0.6) is 5.75 Å². The van der Waals surface area contributed by atoms with Crippen molar-refractivity contribution < 1.29 is 9.53 Å². The molecule has 1 heterocycles. The van der Waals surface area contributed by atoms with Gasteiger partial charge in [-0.05, 0) is 44.5 Å². The van der Waals surface area contributed by atoms with Gasteiger partial charge in [-0.3, -0.25) is 4.79 Å². The predicted octanol–water partition coefficient (Wildman–Crippen LogP) is 4.83.